The highest BCUT2D eigenvalue weighted by atomic mass is 79.9. The summed E-state index contributed by atoms with van der Waals surface area (Å²) in [5.74, 6) is 1.05. The minimum absolute atomic E-state index is 0.285. The third kappa shape index (κ3) is 2.55. The van der Waals surface area contributed by atoms with Crippen molar-refractivity contribution in [2.24, 2.45) is 0 Å². The molecule has 1 aromatic rings. The van der Waals surface area contributed by atoms with Gasteiger partial charge < -0.3 is 9.64 Å². The monoisotopic (exact) mass is 284 g/mol. The smallest absolute Gasteiger partial charge is 0.128 e. The largest absolute Gasteiger partial charge is 0.375 e. The van der Waals surface area contributed by atoms with Gasteiger partial charge in [-0.05, 0) is 41.4 Å². The Hall–Kier alpha value is -0.610. The number of rotatable bonds is 2. The number of nitrogens with zero attached hydrogens (tertiary/aromatic N) is 2. The molecule has 0 amide bonds. The minimum Gasteiger partial charge on any atom is -0.375 e. The molecular weight excluding hydrogens is 268 g/mol. The quantitative estimate of drug-likeness (QED) is 0.835. The highest BCUT2D eigenvalue weighted by Gasteiger charge is 2.26. The van der Waals surface area contributed by atoms with E-state index in [0.717, 1.165) is 29.9 Å². The molecule has 2 heterocycles. The molecule has 0 aromatic carbocycles. The number of anilines is 1. The first-order valence-electron chi connectivity index (χ1n) is 5.70. The van der Waals surface area contributed by atoms with Gasteiger partial charge in [-0.2, -0.15) is 0 Å². The predicted molar refractivity (Wildman–Crippen MR) is 68.8 cm³/mol. The zero-order valence-corrected chi connectivity index (χ0v) is 11.3. The van der Waals surface area contributed by atoms with E-state index in [1.807, 2.05) is 12.3 Å². The molecule has 3 nitrogen and oxygen atoms in total. The van der Waals surface area contributed by atoms with Gasteiger partial charge in [-0.3, -0.25) is 0 Å². The summed E-state index contributed by atoms with van der Waals surface area (Å²) in [5, 5.41) is 0. The van der Waals surface area contributed by atoms with E-state index in [-0.39, 0.29) is 6.10 Å². The summed E-state index contributed by atoms with van der Waals surface area (Å²) in [6.45, 7) is 6.02. The SMILES string of the molecule is CCC1COC(C)CN1c1ccc(Br)cn1. The first-order chi connectivity index (χ1) is 7.70. The Morgan fingerprint density at radius 2 is 2.38 bits per heavy atom. The van der Waals surface area contributed by atoms with E-state index < -0.39 is 0 Å². The van der Waals surface area contributed by atoms with Gasteiger partial charge in [0.25, 0.3) is 0 Å². The fourth-order valence-corrected chi connectivity index (χ4v) is 2.24. The summed E-state index contributed by atoms with van der Waals surface area (Å²) in [7, 11) is 0. The van der Waals surface area contributed by atoms with E-state index in [1.165, 1.54) is 0 Å². The average Bonchev–Trinajstić information content (AvgIpc) is 2.30. The van der Waals surface area contributed by atoms with Crippen LogP contribution in [0.15, 0.2) is 22.8 Å². The summed E-state index contributed by atoms with van der Waals surface area (Å²) in [5.41, 5.74) is 0. The number of morpholine rings is 1. The molecule has 1 fully saturated rings. The normalized spacial score (nSPS) is 25.8. The number of aromatic nitrogens is 1. The third-order valence-electron chi connectivity index (χ3n) is 2.95. The molecule has 2 atom stereocenters. The molecular formula is C12H17BrN2O. The van der Waals surface area contributed by atoms with E-state index in [4.69, 9.17) is 4.74 Å². The number of pyridine rings is 1. The lowest BCUT2D eigenvalue weighted by molar-refractivity contribution is 0.0296. The first-order valence-corrected chi connectivity index (χ1v) is 6.49. The van der Waals surface area contributed by atoms with Gasteiger partial charge in [-0.1, -0.05) is 6.92 Å². The number of hydrogen-bond donors (Lipinski definition) is 0. The summed E-state index contributed by atoms with van der Waals surface area (Å²) in [6, 6.07) is 4.55. The van der Waals surface area contributed by atoms with Crippen molar-refractivity contribution < 1.29 is 4.74 Å². The third-order valence-corrected chi connectivity index (χ3v) is 3.41. The molecule has 1 aromatic heterocycles. The Kier molecular flexibility index (Phi) is 3.82. The highest BCUT2D eigenvalue weighted by molar-refractivity contribution is 9.10. The van der Waals surface area contributed by atoms with Crippen molar-refractivity contribution >= 4 is 21.7 Å². The molecule has 0 radical (unpaired) electrons. The zero-order chi connectivity index (χ0) is 11.5. The number of hydrogen-bond acceptors (Lipinski definition) is 3. The number of ether oxygens (including phenoxy) is 1. The van der Waals surface area contributed by atoms with Crippen LogP contribution >= 0.6 is 15.9 Å². The van der Waals surface area contributed by atoms with Gasteiger partial charge in [-0.15, -0.1) is 0 Å². The van der Waals surface area contributed by atoms with Gasteiger partial charge in [-0.25, -0.2) is 4.98 Å². The Morgan fingerprint density at radius 3 is 3.00 bits per heavy atom. The maximum Gasteiger partial charge on any atom is 0.128 e. The van der Waals surface area contributed by atoms with Crippen LogP contribution in [0.4, 0.5) is 5.82 Å². The van der Waals surface area contributed by atoms with Gasteiger partial charge in [0.2, 0.25) is 0 Å². The standard InChI is InChI=1S/C12H17BrN2O/c1-3-11-8-16-9(2)7-15(11)12-5-4-10(13)6-14-12/h4-6,9,11H,3,7-8H2,1-2H3. The van der Waals surface area contributed by atoms with E-state index in [1.54, 1.807) is 0 Å². The molecule has 0 aliphatic carbocycles. The number of halogens is 1. The summed E-state index contributed by atoms with van der Waals surface area (Å²) >= 11 is 3.41. The fourth-order valence-electron chi connectivity index (χ4n) is 2.00. The van der Waals surface area contributed by atoms with Crippen LogP contribution < -0.4 is 4.90 Å². The Bertz CT molecular complexity index is 341. The molecule has 0 N–H and O–H groups in total. The predicted octanol–water partition coefficient (Wildman–Crippen LogP) is 2.85. The van der Waals surface area contributed by atoms with Crippen molar-refractivity contribution in [1.29, 1.82) is 0 Å². The second-order valence-electron chi connectivity index (χ2n) is 4.19. The zero-order valence-electron chi connectivity index (χ0n) is 9.69. The molecule has 0 saturated carbocycles. The van der Waals surface area contributed by atoms with Gasteiger partial charge in [0.15, 0.2) is 0 Å². The summed E-state index contributed by atoms with van der Waals surface area (Å²) in [6.07, 6.45) is 3.22. The maximum absolute atomic E-state index is 5.68. The highest BCUT2D eigenvalue weighted by Crippen LogP contribution is 2.22. The lowest BCUT2D eigenvalue weighted by Gasteiger charge is -2.39. The van der Waals surface area contributed by atoms with Gasteiger partial charge in [0.1, 0.15) is 5.82 Å². The van der Waals surface area contributed by atoms with Gasteiger partial charge in [0, 0.05) is 17.2 Å². The average molecular weight is 285 g/mol. The molecule has 16 heavy (non-hydrogen) atoms. The van der Waals surface area contributed by atoms with Crippen molar-refractivity contribution in [3.8, 4) is 0 Å². The molecule has 1 aliphatic rings. The van der Waals surface area contributed by atoms with Crippen LogP contribution in [0, 0.1) is 0 Å². The van der Waals surface area contributed by atoms with Crippen LogP contribution in [-0.4, -0.2) is 30.3 Å². The van der Waals surface area contributed by atoms with Crippen LogP contribution in [0.25, 0.3) is 0 Å². The molecule has 2 unspecified atom stereocenters. The molecule has 1 saturated heterocycles. The van der Waals surface area contributed by atoms with Gasteiger partial charge in [0.05, 0.1) is 18.8 Å². The van der Waals surface area contributed by atoms with Crippen LogP contribution in [-0.2, 0) is 4.74 Å². The van der Waals surface area contributed by atoms with Crippen molar-refractivity contribution in [1.82, 2.24) is 4.98 Å². The Balaban J connectivity index is 2.18. The van der Waals surface area contributed by atoms with E-state index in [2.05, 4.69) is 45.7 Å². The molecule has 0 spiro atoms. The second kappa shape index (κ2) is 5.15. The summed E-state index contributed by atoms with van der Waals surface area (Å²) in [4.78, 5) is 6.81. The van der Waals surface area contributed by atoms with Crippen LogP contribution in [0.5, 0.6) is 0 Å². The lowest BCUT2D eigenvalue weighted by atomic mass is 10.1. The molecule has 0 bridgehead atoms. The van der Waals surface area contributed by atoms with E-state index in [0.29, 0.717) is 6.04 Å². The van der Waals surface area contributed by atoms with Gasteiger partial charge >= 0.3 is 0 Å². The molecule has 1 aliphatic heterocycles. The van der Waals surface area contributed by atoms with Crippen molar-refractivity contribution in [2.75, 3.05) is 18.1 Å². The van der Waals surface area contributed by atoms with Crippen molar-refractivity contribution in [2.45, 2.75) is 32.4 Å². The van der Waals surface area contributed by atoms with Crippen molar-refractivity contribution in [3.05, 3.63) is 22.8 Å². The fraction of sp³-hybridized carbons (Fsp3) is 0.583. The molecule has 2 rings (SSSR count). The topological polar surface area (TPSA) is 25.4 Å². The lowest BCUT2D eigenvalue weighted by Crippen LogP contribution is -2.49. The van der Waals surface area contributed by atoms with Crippen LogP contribution in [0.1, 0.15) is 20.3 Å². The molecule has 88 valence electrons. The Labute approximate surface area is 105 Å². The molecule has 4 heteroatoms. The maximum atomic E-state index is 5.68. The minimum atomic E-state index is 0.285. The Morgan fingerprint density at radius 1 is 1.56 bits per heavy atom. The summed E-state index contributed by atoms with van der Waals surface area (Å²) < 4.78 is 6.70. The van der Waals surface area contributed by atoms with E-state index >= 15 is 0 Å². The second-order valence-corrected chi connectivity index (χ2v) is 5.11. The first kappa shape index (κ1) is 11.9. The van der Waals surface area contributed by atoms with E-state index in [9.17, 15) is 0 Å². The van der Waals surface area contributed by atoms with Crippen molar-refractivity contribution in [3.63, 3.8) is 0 Å². The van der Waals surface area contributed by atoms with Crippen LogP contribution in [0.2, 0.25) is 0 Å². The van der Waals surface area contributed by atoms with Crippen LogP contribution in [0.3, 0.4) is 0 Å².